The van der Waals surface area contributed by atoms with E-state index in [-0.39, 0.29) is 0 Å². The van der Waals surface area contributed by atoms with Gasteiger partial charge in [0.25, 0.3) is 0 Å². The first-order valence-corrected chi connectivity index (χ1v) is 7.70. The van der Waals surface area contributed by atoms with Gasteiger partial charge in [-0.3, -0.25) is 0 Å². The summed E-state index contributed by atoms with van der Waals surface area (Å²) in [5.41, 5.74) is 2.00. The SMILES string of the molecule is CCNc1cc(Nc2cccc(Cl)c2C)nc(C2CC2)n1. The molecule has 5 heteroatoms. The summed E-state index contributed by atoms with van der Waals surface area (Å²) < 4.78 is 0. The van der Waals surface area contributed by atoms with Gasteiger partial charge in [-0.2, -0.15) is 0 Å². The van der Waals surface area contributed by atoms with Crippen molar-refractivity contribution in [3.8, 4) is 0 Å². The van der Waals surface area contributed by atoms with Gasteiger partial charge in [-0.25, -0.2) is 9.97 Å². The number of hydrogen-bond acceptors (Lipinski definition) is 4. The summed E-state index contributed by atoms with van der Waals surface area (Å²) in [6.45, 7) is 4.91. The third kappa shape index (κ3) is 3.27. The third-order valence-electron chi connectivity index (χ3n) is 3.57. The van der Waals surface area contributed by atoms with Gasteiger partial charge in [-0.15, -0.1) is 0 Å². The van der Waals surface area contributed by atoms with E-state index in [2.05, 4.69) is 27.5 Å². The summed E-state index contributed by atoms with van der Waals surface area (Å²) in [5, 5.41) is 7.38. The molecule has 0 saturated heterocycles. The third-order valence-corrected chi connectivity index (χ3v) is 3.98. The number of halogens is 1. The smallest absolute Gasteiger partial charge is 0.136 e. The first kappa shape index (κ1) is 14.1. The second kappa shape index (κ2) is 5.90. The van der Waals surface area contributed by atoms with Crippen LogP contribution in [0.1, 0.15) is 37.1 Å². The highest BCUT2D eigenvalue weighted by Crippen LogP contribution is 2.39. The fourth-order valence-electron chi connectivity index (χ4n) is 2.21. The average Bonchev–Trinajstić information content (AvgIpc) is 3.29. The van der Waals surface area contributed by atoms with Gasteiger partial charge >= 0.3 is 0 Å². The van der Waals surface area contributed by atoms with E-state index in [9.17, 15) is 0 Å². The molecule has 3 rings (SSSR count). The molecule has 1 heterocycles. The molecule has 0 radical (unpaired) electrons. The quantitative estimate of drug-likeness (QED) is 0.854. The Balaban J connectivity index is 1.91. The van der Waals surface area contributed by atoms with E-state index in [1.807, 2.05) is 31.2 Å². The van der Waals surface area contributed by atoms with Gasteiger partial charge < -0.3 is 10.6 Å². The predicted octanol–water partition coefficient (Wildman–Crippen LogP) is 4.49. The zero-order valence-electron chi connectivity index (χ0n) is 12.3. The molecule has 1 aliphatic rings. The van der Waals surface area contributed by atoms with Crippen molar-refractivity contribution in [2.75, 3.05) is 17.2 Å². The van der Waals surface area contributed by atoms with E-state index in [1.165, 1.54) is 12.8 Å². The molecule has 0 atom stereocenters. The Kier molecular flexibility index (Phi) is 3.97. The van der Waals surface area contributed by atoms with E-state index in [0.717, 1.165) is 40.3 Å². The maximum Gasteiger partial charge on any atom is 0.136 e. The lowest BCUT2D eigenvalue weighted by atomic mass is 10.2. The van der Waals surface area contributed by atoms with Crippen molar-refractivity contribution in [1.29, 1.82) is 0 Å². The van der Waals surface area contributed by atoms with Crippen LogP contribution in [-0.2, 0) is 0 Å². The number of benzene rings is 1. The molecule has 1 aliphatic carbocycles. The zero-order valence-corrected chi connectivity index (χ0v) is 13.0. The van der Waals surface area contributed by atoms with Crippen molar-refractivity contribution >= 4 is 28.9 Å². The highest BCUT2D eigenvalue weighted by molar-refractivity contribution is 6.31. The summed E-state index contributed by atoms with van der Waals surface area (Å²) in [6, 6.07) is 7.77. The summed E-state index contributed by atoms with van der Waals surface area (Å²) in [7, 11) is 0. The minimum atomic E-state index is 0.518. The van der Waals surface area contributed by atoms with Crippen molar-refractivity contribution in [2.45, 2.75) is 32.6 Å². The van der Waals surface area contributed by atoms with Crippen LogP contribution in [0.3, 0.4) is 0 Å². The topological polar surface area (TPSA) is 49.8 Å². The molecule has 0 aliphatic heterocycles. The molecule has 21 heavy (non-hydrogen) atoms. The second-order valence-electron chi connectivity index (χ2n) is 5.34. The van der Waals surface area contributed by atoms with Crippen LogP contribution >= 0.6 is 11.6 Å². The van der Waals surface area contributed by atoms with Gasteiger partial charge in [0.2, 0.25) is 0 Å². The number of nitrogens with zero attached hydrogens (tertiary/aromatic N) is 2. The number of hydrogen-bond donors (Lipinski definition) is 2. The summed E-state index contributed by atoms with van der Waals surface area (Å²) in [5.74, 6) is 3.13. The standard InChI is InChI=1S/C16H19ClN4/c1-3-18-14-9-15(21-16(20-14)11-7-8-11)19-13-6-4-5-12(17)10(13)2/h4-6,9,11H,3,7-8H2,1-2H3,(H2,18,19,20,21). The molecule has 0 unspecified atom stereocenters. The lowest BCUT2D eigenvalue weighted by molar-refractivity contribution is 0.927. The Hall–Kier alpha value is -1.81. The predicted molar refractivity (Wildman–Crippen MR) is 87.6 cm³/mol. The molecule has 4 nitrogen and oxygen atoms in total. The van der Waals surface area contributed by atoms with Gasteiger partial charge in [0.15, 0.2) is 0 Å². The molecule has 1 aromatic carbocycles. The first-order chi connectivity index (χ1) is 10.2. The molecule has 2 N–H and O–H groups in total. The number of anilines is 3. The van der Waals surface area contributed by atoms with Crippen LogP contribution < -0.4 is 10.6 Å². The van der Waals surface area contributed by atoms with Gasteiger partial charge in [-0.1, -0.05) is 17.7 Å². The van der Waals surface area contributed by atoms with E-state index >= 15 is 0 Å². The zero-order chi connectivity index (χ0) is 14.8. The summed E-state index contributed by atoms with van der Waals surface area (Å²) in [4.78, 5) is 9.22. The Morgan fingerprint density at radius 3 is 2.71 bits per heavy atom. The molecule has 1 aromatic heterocycles. The van der Waals surface area contributed by atoms with Crippen LogP contribution in [0.5, 0.6) is 0 Å². The molecule has 0 amide bonds. The Bertz CT molecular complexity index is 653. The fourth-order valence-corrected chi connectivity index (χ4v) is 2.38. The van der Waals surface area contributed by atoms with Crippen LogP contribution in [0.4, 0.5) is 17.3 Å². The van der Waals surface area contributed by atoms with Crippen LogP contribution in [-0.4, -0.2) is 16.5 Å². The van der Waals surface area contributed by atoms with Gasteiger partial charge in [-0.05, 0) is 44.4 Å². The van der Waals surface area contributed by atoms with Crippen molar-refractivity contribution < 1.29 is 0 Å². The molecule has 0 bridgehead atoms. The second-order valence-corrected chi connectivity index (χ2v) is 5.75. The maximum absolute atomic E-state index is 6.17. The lowest BCUT2D eigenvalue weighted by Crippen LogP contribution is -2.06. The fraction of sp³-hybridized carbons (Fsp3) is 0.375. The van der Waals surface area contributed by atoms with E-state index in [4.69, 9.17) is 11.6 Å². The molecule has 1 saturated carbocycles. The Morgan fingerprint density at radius 2 is 2.00 bits per heavy atom. The normalized spacial score (nSPS) is 14.0. The highest BCUT2D eigenvalue weighted by Gasteiger charge is 2.27. The number of aromatic nitrogens is 2. The van der Waals surface area contributed by atoms with Gasteiger partial charge in [0.1, 0.15) is 17.5 Å². The minimum Gasteiger partial charge on any atom is -0.370 e. The molecule has 1 fully saturated rings. The molecule has 110 valence electrons. The summed E-state index contributed by atoms with van der Waals surface area (Å²) >= 11 is 6.17. The van der Waals surface area contributed by atoms with E-state index in [1.54, 1.807) is 0 Å². The van der Waals surface area contributed by atoms with Gasteiger partial charge in [0, 0.05) is 29.2 Å². The van der Waals surface area contributed by atoms with E-state index < -0.39 is 0 Å². The Morgan fingerprint density at radius 1 is 1.24 bits per heavy atom. The molecule has 2 aromatic rings. The largest absolute Gasteiger partial charge is 0.370 e. The van der Waals surface area contributed by atoms with Crippen LogP contribution in [0.25, 0.3) is 0 Å². The van der Waals surface area contributed by atoms with Crippen molar-refractivity contribution in [2.24, 2.45) is 0 Å². The number of nitrogens with one attached hydrogen (secondary N) is 2. The molecular weight excluding hydrogens is 284 g/mol. The summed E-state index contributed by atoms with van der Waals surface area (Å²) in [6.07, 6.45) is 2.37. The van der Waals surface area contributed by atoms with Crippen molar-refractivity contribution in [1.82, 2.24) is 9.97 Å². The minimum absolute atomic E-state index is 0.518. The van der Waals surface area contributed by atoms with Crippen molar-refractivity contribution in [3.63, 3.8) is 0 Å². The van der Waals surface area contributed by atoms with Crippen LogP contribution in [0.2, 0.25) is 5.02 Å². The van der Waals surface area contributed by atoms with Crippen molar-refractivity contribution in [3.05, 3.63) is 40.7 Å². The monoisotopic (exact) mass is 302 g/mol. The lowest BCUT2D eigenvalue weighted by Gasteiger charge is -2.12. The van der Waals surface area contributed by atoms with Gasteiger partial charge in [0.05, 0.1) is 0 Å². The first-order valence-electron chi connectivity index (χ1n) is 7.32. The average molecular weight is 303 g/mol. The number of rotatable bonds is 5. The maximum atomic E-state index is 6.17. The highest BCUT2D eigenvalue weighted by atomic mass is 35.5. The molecular formula is C16H19ClN4. The van der Waals surface area contributed by atoms with E-state index in [0.29, 0.717) is 5.92 Å². The van der Waals surface area contributed by atoms with Crippen LogP contribution in [0.15, 0.2) is 24.3 Å². The van der Waals surface area contributed by atoms with Crippen LogP contribution in [0, 0.1) is 6.92 Å². The Labute approximate surface area is 130 Å². The molecule has 0 spiro atoms.